The van der Waals surface area contributed by atoms with E-state index in [0.717, 1.165) is 37.0 Å². The summed E-state index contributed by atoms with van der Waals surface area (Å²) in [6, 6.07) is -0.355. The number of unbranched alkanes of at least 4 members (excludes halogenated alkanes) is 3. The normalized spacial score (nSPS) is 21.0. The monoisotopic (exact) mass is 337 g/mol. The lowest BCUT2D eigenvalue weighted by molar-refractivity contribution is -0.136. The van der Waals surface area contributed by atoms with Crippen molar-refractivity contribution in [2.24, 2.45) is 0 Å². The van der Waals surface area contributed by atoms with Gasteiger partial charge < -0.3 is 10.6 Å². The summed E-state index contributed by atoms with van der Waals surface area (Å²) in [5.74, 6) is -0.479. The maximum absolute atomic E-state index is 12.6. The highest BCUT2D eigenvalue weighted by Crippen LogP contribution is 2.33. The average Bonchev–Trinajstić information content (AvgIpc) is 2.76. The number of amides is 4. The number of carbonyl (C=O) groups excluding carboxylic acids is 3. The molecule has 0 bridgehead atoms. The van der Waals surface area contributed by atoms with Crippen molar-refractivity contribution in [3.63, 3.8) is 0 Å². The lowest BCUT2D eigenvalue weighted by Crippen LogP contribution is -2.49. The number of urea groups is 1. The van der Waals surface area contributed by atoms with Crippen LogP contribution in [0, 0.1) is 0 Å². The van der Waals surface area contributed by atoms with E-state index in [1.165, 1.54) is 19.3 Å². The lowest BCUT2D eigenvalue weighted by atomic mass is 9.82. The van der Waals surface area contributed by atoms with Crippen LogP contribution in [0.3, 0.4) is 0 Å². The highest BCUT2D eigenvalue weighted by Gasteiger charge is 2.51. The predicted molar refractivity (Wildman–Crippen MR) is 92.4 cm³/mol. The highest BCUT2D eigenvalue weighted by molar-refractivity contribution is 6.09. The maximum Gasteiger partial charge on any atom is 0.325 e. The molecule has 1 atom stereocenters. The van der Waals surface area contributed by atoms with E-state index in [0.29, 0.717) is 12.8 Å². The first-order chi connectivity index (χ1) is 11.5. The van der Waals surface area contributed by atoms with Crippen molar-refractivity contribution in [1.29, 1.82) is 0 Å². The van der Waals surface area contributed by atoms with Crippen LogP contribution < -0.4 is 10.6 Å². The Kier molecular flexibility index (Phi) is 6.63. The van der Waals surface area contributed by atoms with Crippen molar-refractivity contribution in [1.82, 2.24) is 15.5 Å². The summed E-state index contributed by atoms with van der Waals surface area (Å²) in [6.07, 6.45) is 9.94. The summed E-state index contributed by atoms with van der Waals surface area (Å²) < 4.78 is 0. The number of carbonyl (C=O) groups is 3. The zero-order chi connectivity index (χ0) is 17.6. The molecule has 1 saturated heterocycles. The van der Waals surface area contributed by atoms with Crippen molar-refractivity contribution in [2.75, 3.05) is 6.54 Å². The fourth-order valence-electron chi connectivity index (χ4n) is 3.73. The summed E-state index contributed by atoms with van der Waals surface area (Å²) in [5, 5.41) is 5.74. The van der Waals surface area contributed by atoms with Gasteiger partial charge in [0.2, 0.25) is 5.91 Å². The molecule has 1 saturated carbocycles. The first-order valence-corrected chi connectivity index (χ1v) is 9.42. The average molecular weight is 337 g/mol. The minimum atomic E-state index is -0.749. The zero-order valence-corrected chi connectivity index (χ0v) is 15.0. The molecule has 1 heterocycles. The Hall–Kier alpha value is -1.59. The van der Waals surface area contributed by atoms with Gasteiger partial charge in [-0.25, -0.2) is 4.79 Å². The van der Waals surface area contributed by atoms with Gasteiger partial charge in [-0.15, -0.1) is 0 Å². The minimum absolute atomic E-state index is 0.0683. The van der Waals surface area contributed by atoms with E-state index in [1.54, 1.807) is 0 Å². The van der Waals surface area contributed by atoms with Crippen molar-refractivity contribution in [2.45, 2.75) is 89.6 Å². The summed E-state index contributed by atoms with van der Waals surface area (Å²) in [6.45, 7) is 3.96. The van der Waals surface area contributed by atoms with E-state index < -0.39 is 11.6 Å². The fraction of sp³-hybridized carbons (Fsp3) is 0.833. The van der Waals surface area contributed by atoms with Crippen LogP contribution >= 0.6 is 0 Å². The molecule has 2 rings (SSSR count). The van der Waals surface area contributed by atoms with Gasteiger partial charge in [0.25, 0.3) is 5.91 Å². The standard InChI is InChI=1S/C18H31N3O3/c1-3-4-5-7-10-14(2)19-15(22)13-21-16(23)18(20-17(21)24)11-8-6-9-12-18/h14H,3-13H2,1-2H3,(H,19,22)(H,20,24)/t14-/m1/s1. The van der Waals surface area contributed by atoms with E-state index in [4.69, 9.17) is 0 Å². The van der Waals surface area contributed by atoms with Gasteiger partial charge in [0.15, 0.2) is 0 Å². The number of rotatable bonds is 8. The summed E-state index contributed by atoms with van der Waals surface area (Å²) >= 11 is 0. The third-order valence-electron chi connectivity index (χ3n) is 5.15. The Morgan fingerprint density at radius 1 is 1.21 bits per heavy atom. The smallest absolute Gasteiger partial charge is 0.325 e. The topological polar surface area (TPSA) is 78.5 Å². The van der Waals surface area contributed by atoms with Crippen LogP contribution in [0.4, 0.5) is 4.79 Å². The Morgan fingerprint density at radius 2 is 1.92 bits per heavy atom. The second kappa shape index (κ2) is 8.49. The molecular formula is C18H31N3O3. The molecule has 0 radical (unpaired) electrons. The third-order valence-corrected chi connectivity index (χ3v) is 5.15. The predicted octanol–water partition coefficient (Wildman–Crippen LogP) is 2.72. The fourth-order valence-corrected chi connectivity index (χ4v) is 3.73. The summed E-state index contributed by atoms with van der Waals surface area (Å²) in [4.78, 5) is 38.0. The van der Waals surface area contributed by atoms with Crippen LogP contribution in [0.15, 0.2) is 0 Å². The molecule has 0 aromatic heterocycles. The molecule has 4 amide bonds. The Morgan fingerprint density at radius 3 is 2.58 bits per heavy atom. The van der Waals surface area contributed by atoms with E-state index in [9.17, 15) is 14.4 Å². The molecule has 2 aliphatic rings. The number of nitrogens with zero attached hydrogens (tertiary/aromatic N) is 1. The first-order valence-electron chi connectivity index (χ1n) is 9.42. The second-order valence-corrected chi connectivity index (χ2v) is 7.28. The number of hydrogen-bond donors (Lipinski definition) is 2. The quantitative estimate of drug-likeness (QED) is 0.528. The molecule has 136 valence electrons. The zero-order valence-electron chi connectivity index (χ0n) is 15.0. The Balaban J connectivity index is 1.81. The lowest BCUT2D eigenvalue weighted by Gasteiger charge is -2.30. The van der Waals surface area contributed by atoms with Gasteiger partial charge in [-0.1, -0.05) is 51.9 Å². The van der Waals surface area contributed by atoms with Gasteiger partial charge in [-0.2, -0.15) is 0 Å². The molecule has 0 unspecified atom stereocenters. The number of nitrogens with one attached hydrogen (secondary N) is 2. The van der Waals surface area contributed by atoms with Crippen molar-refractivity contribution < 1.29 is 14.4 Å². The van der Waals surface area contributed by atoms with Crippen LogP contribution in [-0.2, 0) is 9.59 Å². The van der Waals surface area contributed by atoms with E-state index in [-0.39, 0.29) is 24.4 Å². The van der Waals surface area contributed by atoms with Crippen LogP contribution in [0.1, 0.15) is 78.1 Å². The van der Waals surface area contributed by atoms with Gasteiger partial charge in [-0.3, -0.25) is 14.5 Å². The van der Waals surface area contributed by atoms with Crippen LogP contribution in [0.5, 0.6) is 0 Å². The van der Waals surface area contributed by atoms with Gasteiger partial charge in [0.05, 0.1) is 0 Å². The molecule has 24 heavy (non-hydrogen) atoms. The van der Waals surface area contributed by atoms with Gasteiger partial charge in [0.1, 0.15) is 12.1 Å². The molecule has 0 aromatic rings. The largest absolute Gasteiger partial charge is 0.352 e. The van der Waals surface area contributed by atoms with E-state index >= 15 is 0 Å². The molecule has 6 nitrogen and oxygen atoms in total. The van der Waals surface area contributed by atoms with Crippen LogP contribution in [0.2, 0.25) is 0 Å². The minimum Gasteiger partial charge on any atom is -0.352 e. The van der Waals surface area contributed by atoms with Crippen LogP contribution in [-0.4, -0.2) is 40.9 Å². The van der Waals surface area contributed by atoms with Gasteiger partial charge >= 0.3 is 6.03 Å². The molecule has 0 aromatic carbocycles. The third kappa shape index (κ3) is 4.48. The molecule has 1 spiro atoms. The van der Waals surface area contributed by atoms with E-state index in [2.05, 4.69) is 17.6 Å². The molecule has 1 aliphatic heterocycles. The summed E-state index contributed by atoms with van der Waals surface area (Å²) in [5.41, 5.74) is -0.749. The SMILES string of the molecule is CCCCCC[C@@H](C)NC(=O)CN1C(=O)NC2(CCCCC2)C1=O. The first kappa shape index (κ1) is 18.7. The van der Waals surface area contributed by atoms with Gasteiger partial charge in [-0.05, 0) is 26.2 Å². The Labute approximate surface area is 144 Å². The maximum atomic E-state index is 12.6. The molecule has 2 N–H and O–H groups in total. The second-order valence-electron chi connectivity index (χ2n) is 7.28. The number of hydrogen-bond acceptors (Lipinski definition) is 3. The highest BCUT2D eigenvalue weighted by atomic mass is 16.2. The van der Waals surface area contributed by atoms with Crippen LogP contribution in [0.25, 0.3) is 0 Å². The van der Waals surface area contributed by atoms with Crippen molar-refractivity contribution in [3.05, 3.63) is 0 Å². The molecule has 1 aliphatic carbocycles. The van der Waals surface area contributed by atoms with Crippen molar-refractivity contribution >= 4 is 17.8 Å². The molecule has 6 heteroatoms. The van der Waals surface area contributed by atoms with E-state index in [1.807, 2.05) is 6.92 Å². The van der Waals surface area contributed by atoms with Gasteiger partial charge in [0, 0.05) is 6.04 Å². The number of imide groups is 1. The Bertz CT molecular complexity index is 472. The summed E-state index contributed by atoms with van der Waals surface area (Å²) in [7, 11) is 0. The molecular weight excluding hydrogens is 306 g/mol. The van der Waals surface area contributed by atoms with Crippen molar-refractivity contribution in [3.8, 4) is 0 Å². The molecule has 2 fully saturated rings.